The van der Waals surface area contributed by atoms with E-state index < -0.39 is 24.5 Å². The smallest absolute Gasteiger partial charge is 0.344 e. The van der Waals surface area contributed by atoms with Gasteiger partial charge in [-0.05, 0) is 55.5 Å². The van der Waals surface area contributed by atoms with Gasteiger partial charge in [-0.1, -0.05) is 13.8 Å². The second-order valence-electron chi connectivity index (χ2n) is 6.46. The summed E-state index contributed by atoms with van der Waals surface area (Å²) in [5, 5.41) is 2.73. The molecule has 7 heteroatoms. The molecule has 0 saturated heterocycles. The van der Waals surface area contributed by atoms with Crippen LogP contribution in [0.5, 0.6) is 5.75 Å². The van der Waals surface area contributed by atoms with Crippen LogP contribution in [0.4, 0.5) is 10.1 Å². The molecule has 0 radical (unpaired) electrons. The standard InChI is InChI=1S/C21H22FNO5/c1-13(2)21(26)23-17-8-4-15(5-9-17)20(25)14(3)28-19(24)12-27-18-10-6-16(22)7-11-18/h4-11,13-14H,12H2,1-3H3,(H,23,26)/t14-/m1/s1. The molecule has 28 heavy (non-hydrogen) atoms. The summed E-state index contributed by atoms with van der Waals surface area (Å²) in [5.41, 5.74) is 0.926. The number of anilines is 1. The van der Waals surface area contributed by atoms with Crippen LogP contribution in [0, 0.1) is 11.7 Å². The van der Waals surface area contributed by atoms with E-state index in [-0.39, 0.29) is 17.6 Å². The third-order valence-electron chi connectivity index (χ3n) is 3.81. The van der Waals surface area contributed by atoms with Crippen LogP contribution in [0.1, 0.15) is 31.1 Å². The Hall–Kier alpha value is -3.22. The Morgan fingerprint density at radius 3 is 2.14 bits per heavy atom. The van der Waals surface area contributed by atoms with Crippen LogP contribution in [-0.4, -0.2) is 30.4 Å². The number of amides is 1. The third kappa shape index (κ3) is 6.19. The Morgan fingerprint density at radius 1 is 0.964 bits per heavy atom. The number of esters is 1. The molecule has 2 aromatic carbocycles. The van der Waals surface area contributed by atoms with Crippen molar-refractivity contribution >= 4 is 23.3 Å². The molecule has 1 N–H and O–H groups in total. The number of rotatable bonds is 8. The van der Waals surface area contributed by atoms with E-state index in [1.165, 1.54) is 31.2 Å². The highest BCUT2D eigenvalue weighted by molar-refractivity contribution is 6.01. The number of nitrogens with one attached hydrogen (secondary N) is 1. The summed E-state index contributed by atoms with van der Waals surface area (Å²) in [4.78, 5) is 35.9. The lowest BCUT2D eigenvalue weighted by atomic mass is 10.1. The number of Topliss-reactive ketones (excluding diaryl/α,β-unsaturated/α-hetero) is 1. The van der Waals surface area contributed by atoms with Crippen molar-refractivity contribution in [3.8, 4) is 5.75 Å². The highest BCUT2D eigenvalue weighted by atomic mass is 19.1. The topological polar surface area (TPSA) is 81.7 Å². The Labute approximate surface area is 162 Å². The van der Waals surface area contributed by atoms with E-state index in [1.807, 2.05) is 0 Å². The first-order valence-electron chi connectivity index (χ1n) is 8.79. The molecular formula is C21H22FNO5. The average molecular weight is 387 g/mol. The van der Waals surface area contributed by atoms with Crippen LogP contribution in [-0.2, 0) is 14.3 Å². The number of ketones is 1. The fourth-order valence-electron chi connectivity index (χ4n) is 2.20. The molecule has 1 amide bonds. The van der Waals surface area contributed by atoms with Gasteiger partial charge in [-0.25, -0.2) is 9.18 Å². The van der Waals surface area contributed by atoms with Crippen LogP contribution in [0.25, 0.3) is 0 Å². The summed E-state index contributed by atoms with van der Waals surface area (Å²) in [6.07, 6.45) is -1.000. The predicted octanol–water partition coefficient (Wildman–Crippen LogP) is 3.61. The van der Waals surface area contributed by atoms with Crippen LogP contribution in [0.3, 0.4) is 0 Å². The van der Waals surface area contributed by atoms with Gasteiger partial charge in [0, 0.05) is 17.2 Å². The van der Waals surface area contributed by atoms with Gasteiger partial charge in [0.15, 0.2) is 12.7 Å². The largest absolute Gasteiger partial charge is 0.482 e. The molecule has 6 nitrogen and oxygen atoms in total. The number of benzene rings is 2. The lowest BCUT2D eigenvalue weighted by Crippen LogP contribution is -2.27. The summed E-state index contributed by atoms with van der Waals surface area (Å²) >= 11 is 0. The Balaban J connectivity index is 1.86. The normalized spacial score (nSPS) is 11.6. The highest BCUT2D eigenvalue weighted by Crippen LogP contribution is 2.14. The molecule has 0 aliphatic rings. The SMILES string of the molecule is CC(C)C(=O)Nc1ccc(C(=O)[C@@H](C)OC(=O)COc2ccc(F)cc2)cc1. The summed E-state index contributed by atoms with van der Waals surface area (Å²) in [7, 11) is 0. The lowest BCUT2D eigenvalue weighted by molar-refractivity contribution is -0.148. The fraction of sp³-hybridized carbons (Fsp3) is 0.286. The molecule has 1 atom stereocenters. The van der Waals surface area contributed by atoms with Crippen molar-refractivity contribution in [2.24, 2.45) is 5.92 Å². The van der Waals surface area contributed by atoms with Gasteiger partial charge < -0.3 is 14.8 Å². The van der Waals surface area contributed by atoms with E-state index in [0.29, 0.717) is 17.0 Å². The molecule has 0 spiro atoms. The Bertz CT molecular complexity index is 831. The monoisotopic (exact) mass is 387 g/mol. The Kier molecular flexibility index (Phi) is 7.26. The summed E-state index contributed by atoms with van der Waals surface area (Å²) < 4.78 is 23.1. The van der Waals surface area contributed by atoms with Crippen LogP contribution in [0.15, 0.2) is 48.5 Å². The van der Waals surface area contributed by atoms with Crippen molar-refractivity contribution in [2.45, 2.75) is 26.9 Å². The molecule has 0 heterocycles. The number of hydrogen-bond donors (Lipinski definition) is 1. The zero-order chi connectivity index (χ0) is 20.7. The summed E-state index contributed by atoms with van der Waals surface area (Å²) in [6, 6.07) is 11.5. The zero-order valence-corrected chi connectivity index (χ0v) is 15.9. The minimum absolute atomic E-state index is 0.123. The first-order chi connectivity index (χ1) is 13.3. The molecule has 0 aliphatic heterocycles. The van der Waals surface area contributed by atoms with Gasteiger partial charge in [-0.15, -0.1) is 0 Å². The second-order valence-corrected chi connectivity index (χ2v) is 6.46. The van der Waals surface area contributed by atoms with E-state index in [1.54, 1.807) is 38.1 Å². The van der Waals surface area contributed by atoms with E-state index in [4.69, 9.17) is 9.47 Å². The first kappa shape index (κ1) is 21.1. The average Bonchev–Trinajstić information content (AvgIpc) is 2.67. The van der Waals surface area contributed by atoms with Crippen LogP contribution < -0.4 is 10.1 Å². The maximum absolute atomic E-state index is 12.8. The minimum atomic E-state index is -1.000. The number of ether oxygens (including phenoxy) is 2. The van der Waals surface area contributed by atoms with E-state index in [0.717, 1.165) is 0 Å². The zero-order valence-electron chi connectivity index (χ0n) is 15.9. The molecule has 0 bridgehead atoms. The third-order valence-corrected chi connectivity index (χ3v) is 3.81. The molecule has 0 aliphatic carbocycles. The first-order valence-corrected chi connectivity index (χ1v) is 8.79. The second kappa shape index (κ2) is 9.64. The van der Waals surface area contributed by atoms with Gasteiger partial charge in [0.25, 0.3) is 0 Å². The van der Waals surface area contributed by atoms with Gasteiger partial charge >= 0.3 is 5.97 Å². The van der Waals surface area contributed by atoms with Gasteiger partial charge in [0.05, 0.1) is 0 Å². The molecule has 0 saturated carbocycles. The van der Waals surface area contributed by atoms with Crippen molar-refractivity contribution in [2.75, 3.05) is 11.9 Å². The maximum atomic E-state index is 12.8. The van der Waals surface area contributed by atoms with Crippen molar-refractivity contribution in [3.05, 3.63) is 59.9 Å². The number of carbonyl (C=O) groups is 3. The number of halogens is 1. The van der Waals surface area contributed by atoms with E-state index in [2.05, 4.69) is 5.32 Å². The number of carbonyl (C=O) groups excluding carboxylic acids is 3. The molecule has 2 aromatic rings. The Morgan fingerprint density at radius 2 is 1.57 bits per heavy atom. The predicted molar refractivity (Wildman–Crippen MR) is 102 cm³/mol. The van der Waals surface area contributed by atoms with E-state index in [9.17, 15) is 18.8 Å². The van der Waals surface area contributed by atoms with Gasteiger partial charge in [0.1, 0.15) is 11.6 Å². The number of hydrogen-bond acceptors (Lipinski definition) is 5. The van der Waals surface area contributed by atoms with Crippen molar-refractivity contribution in [1.29, 1.82) is 0 Å². The fourth-order valence-corrected chi connectivity index (χ4v) is 2.20. The molecule has 2 rings (SSSR count). The van der Waals surface area contributed by atoms with Gasteiger partial charge in [0.2, 0.25) is 11.7 Å². The van der Waals surface area contributed by atoms with Crippen LogP contribution in [0.2, 0.25) is 0 Å². The quantitative estimate of drug-likeness (QED) is 0.553. The van der Waals surface area contributed by atoms with E-state index >= 15 is 0 Å². The minimum Gasteiger partial charge on any atom is -0.482 e. The van der Waals surface area contributed by atoms with Crippen molar-refractivity contribution in [1.82, 2.24) is 0 Å². The molecular weight excluding hydrogens is 365 g/mol. The van der Waals surface area contributed by atoms with Crippen molar-refractivity contribution in [3.63, 3.8) is 0 Å². The molecule has 0 fully saturated rings. The summed E-state index contributed by atoms with van der Waals surface area (Å²) in [5.74, 6) is -1.47. The lowest BCUT2D eigenvalue weighted by Gasteiger charge is -2.13. The molecule has 148 valence electrons. The van der Waals surface area contributed by atoms with Gasteiger partial charge in [-0.2, -0.15) is 0 Å². The summed E-state index contributed by atoms with van der Waals surface area (Å²) in [6.45, 7) is 4.63. The molecule has 0 aromatic heterocycles. The van der Waals surface area contributed by atoms with Gasteiger partial charge in [-0.3, -0.25) is 9.59 Å². The molecule has 0 unspecified atom stereocenters. The highest BCUT2D eigenvalue weighted by Gasteiger charge is 2.20. The van der Waals surface area contributed by atoms with Crippen LogP contribution >= 0.6 is 0 Å². The van der Waals surface area contributed by atoms with Crippen molar-refractivity contribution < 1.29 is 28.2 Å². The maximum Gasteiger partial charge on any atom is 0.344 e.